The molecule has 0 fully saturated rings. The van der Waals surface area contributed by atoms with E-state index in [2.05, 4.69) is 89.2 Å². The molecule has 2 rings (SSSR count). The smallest absolute Gasteiger partial charge is 0.306 e. The number of hydrogen-bond donors (Lipinski definition) is 1. The molecule has 2 nitrogen and oxygen atoms in total. The molecule has 0 aliphatic carbocycles. The minimum atomic E-state index is -0.730. The van der Waals surface area contributed by atoms with Gasteiger partial charge in [-0.05, 0) is 52.9 Å². The zero-order valence-corrected chi connectivity index (χ0v) is 24.6. The van der Waals surface area contributed by atoms with Crippen molar-refractivity contribution in [3.8, 4) is 0 Å². The maximum atomic E-state index is 11.9. The average molecular weight is 531 g/mol. The Bertz CT molecular complexity index is 925. The Morgan fingerprint density at radius 1 is 0.914 bits per heavy atom. The van der Waals surface area contributed by atoms with Crippen molar-refractivity contribution in [2.24, 2.45) is 16.7 Å². The number of thioether (sulfide) groups is 2. The highest BCUT2D eigenvalue weighted by molar-refractivity contribution is 8.47. The standard InChI is InChI=1S/C30H42O2S3/c1-7-8-19-34-28(33)35-26(24-17-13-10-14-18-24)21-30(5,6)25(23-15-11-9-12-16-23)20-29(3,4)22(2)27(31)32/h9-18,22,25-26H,7-8,19-21H2,1-6H3,(H,31,32). The number of hydrogen-bond acceptors (Lipinski definition) is 4. The van der Waals surface area contributed by atoms with E-state index in [1.165, 1.54) is 24.0 Å². The second kappa shape index (κ2) is 13.9. The molecular weight excluding hydrogens is 489 g/mol. The van der Waals surface area contributed by atoms with Crippen LogP contribution in [0.2, 0.25) is 0 Å². The number of thiocarbonyl (C=S) groups is 1. The summed E-state index contributed by atoms with van der Waals surface area (Å²) in [7, 11) is 0. The van der Waals surface area contributed by atoms with Crippen molar-refractivity contribution >= 4 is 45.2 Å². The number of carboxylic acids is 1. The summed E-state index contributed by atoms with van der Waals surface area (Å²) in [6.45, 7) is 12.9. The predicted molar refractivity (Wildman–Crippen MR) is 160 cm³/mol. The molecule has 0 bridgehead atoms. The van der Waals surface area contributed by atoms with Gasteiger partial charge in [-0.1, -0.05) is 133 Å². The monoisotopic (exact) mass is 530 g/mol. The lowest BCUT2D eigenvalue weighted by Gasteiger charge is -2.42. The molecule has 2 aromatic rings. The van der Waals surface area contributed by atoms with Gasteiger partial charge in [0.15, 0.2) is 0 Å². The molecular formula is C30H42O2S3. The van der Waals surface area contributed by atoms with E-state index in [0.29, 0.717) is 0 Å². The summed E-state index contributed by atoms with van der Waals surface area (Å²) in [6, 6.07) is 21.3. The third-order valence-corrected chi connectivity index (χ3v) is 10.2. The molecule has 0 radical (unpaired) electrons. The maximum absolute atomic E-state index is 11.9. The van der Waals surface area contributed by atoms with Gasteiger partial charge in [-0.25, -0.2) is 0 Å². The van der Waals surface area contributed by atoms with E-state index in [-0.39, 0.29) is 22.0 Å². The zero-order valence-electron chi connectivity index (χ0n) is 22.1. The summed E-state index contributed by atoms with van der Waals surface area (Å²) >= 11 is 9.42. The van der Waals surface area contributed by atoms with Crippen molar-refractivity contribution in [2.45, 2.75) is 78.4 Å². The first-order chi connectivity index (χ1) is 16.5. The highest BCUT2D eigenvalue weighted by Gasteiger charge is 2.41. The first-order valence-electron chi connectivity index (χ1n) is 12.6. The molecule has 3 unspecified atom stereocenters. The Morgan fingerprint density at radius 2 is 1.46 bits per heavy atom. The highest BCUT2D eigenvalue weighted by Crippen LogP contribution is 2.52. The van der Waals surface area contributed by atoms with Crippen LogP contribution in [-0.4, -0.2) is 20.4 Å². The van der Waals surface area contributed by atoms with Gasteiger partial charge in [-0.15, -0.1) is 11.8 Å². The molecule has 5 heteroatoms. The van der Waals surface area contributed by atoms with Crippen LogP contribution in [0.1, 0.15) is 89.5 Å². The molecule has 0 aliphatic rings. The Morgan fingerprint density at radius 3 is 1.97 bits per heavy atom. The van der Waals surface area contributed by atoms with Crippen molar-refractivity contribution in [3.63, 3.8) is 0 Å². The Hall–Kier alpha value is -1.30. The van der Waals surface area contributed by atoms with E-state index >= 15 is 0 Å². The maximum Gasteiger partial charge on any atom is 0.306 e. The predicted octanol–water partition coefficient (Wildman–Crippen LogP) is 9.62. The Kier molecular flexibility index (Phi) is 11.8. The molecule has 0 aliphatic heterocycles. The van der Waals surface area contributed by atoms with Crippen molar-refractivity contribution in [2.75, 3.05) is 5.75 Å². The molecule has 0 amide bonds. The van der Waals surface area contributed by atoms with E-state index in [0.717, 1.165) is 22.1 Å². The number of benzene rings is 2. The third kappa shape index (κ3) is 9.26. The van der Waals surface area contributed by atoms with Crippen molar-refractivity contribution in [3.05, 3.63) is 71.8 Å². The van der Waals surface area contributed by atoms with Crippen molar-refractivity contribution in [1.82, 2.24) is 0 Å². The number of aliphatic carboxylic acids is 1. The summed E-state index contributed by atoms with van der Waals surface area (Å²) in [5, 5.41) is 10.0. The average Bonchev–Trinajstić information content (AvgIpc) is 2.82. The fraction of sp³-hybridized carbons (Fsp3) is 0.533. The van der Waals surface area contributed by atoms with Crippen molar-refractivity contribution in [1.29, 1.82) is 0 Å². The van der Waals surface area contributed by atoms with Gasteiger partial charge >= 0.3 is 5.97 Å². The first-order valence-corrected chi connectivity index (χ1v) is 14.9. The number of rotatable bonds is 13. The fourth-order valence-corrected chi connectivity index (χ4v) is 7.64. The fourth-order valence-electron chi connectivity index (χ4n) is 4.53. The van der Waals surface area contributed by atoms with Crippen LogP contribution in [0.4, 0.5) is 0 Å². The number of unbranched alkanes of at least 4 members (excludes halogenated alkanes) is 1. The van der Waals surface area contributed by atoms with Gasteiger partial charge in [-0.3, -0.25) is 4.79 Å². The lowest BCUT2D eigenvalue weighted by Crippen LogP contribution is -2.34. The SMILES string of the molecule is CCCCSC(=S)SC(CC(C)(C)C(CC(C)(C)C(C)C(=O)O)c1ccccc1)c1ccccc1. The first kappa shape index (κ1) is 29.9. The molecule has 0 aromatic heterocycles. The lowest BCUT2D eigenvalue weighted by atomic mass is 9.63. The van der Waals surface area contributed by atoms with Gasteiger partial charge < -0.3 is 5.11 Å². The van der Waals surface area contributed by atoms with E-state index in [9.17, 15) is 9.90 Å². The van der Waals surface area contributed by atoms with E-state index in [1.807, 2.05) is 24.8 Å². The topological polar surface area (TPSA) is 37.3 Å². The van der Waals surface area contributed by atoms with Gasteiger partial charge in [-0.2, -0.15) is 0 Å². The van der Waals surface area contributed by atoms with Gasteiger partial charge in [0.25, 0.3) is 0 Å². The van der Waals surface area contributed by atoms with Crippen LogP contribution >= 0.6 is 35.7 Å². The third-order valence-electron chi connectivity index (χ3n) is 7.26. The molecule has 2 aromatic carbocycles. The summed E-state index contributed by atoms with van der Waals surface area (Å²) in [4.78, 5) is 11.9. The second-order valence-electron chi connectivity index (χ2n) is 10.9. The largest absolute Gasteiger partial charge is 0.481 e. The molecule has 3 atom stereocenters. The minimum absolute atomic E-state index is 0.0753. The molecule has 192 valence electrons. The van der Waals surface area contributed by atoms with E-state index in [4.69, 9.17) is 12.2 Å². The van der Waals surface area contributed by atoms with Gasteiger partial charge in [0, 0.05) is 5.25 Å². The van der Waals surface area contributed by atoms with Crippen LogP contribution in [0.15, 0.2) is 60.7 Å². The molecule has 0 spiro atoms. The summed E-state index contributed by atoms with van der Waals surface area (Å²) in [5.74, 6) is 0.132. The lowest BCUT2D eigenvalue weighted by molar-refractivity contribution is -0.145. The zero-order chi connectivity index (χ0) is 26.1. The molecule has 35 heavy (non-hydrogen) atoms. The van der Waals surface area contributed by atoms with Crippen LogP contribution in [0.5, 0.6) is 0 Å². The molecule has 1 N–H and O–H groups in total. The molecule has 0 saturated carbocycles. The second-order valence-corrected chi connectivity index (χ2v) is 14.4. The number of carboxylic acid groups (broad SMARTS) is 1. The summed E-state index contributed by atoms with van der Waals surface area (Å²) in [6.07, 6.45) is 4.12. The minimum Gasteiger partial charge on any atom is -0.481 e. The van der Waals surface area contributed by atoms with Crippen LogP contribution in [0, 0.1) is 16.7 Å². The van der Waals surface area contributed by atoms with Crippen LogP contribution in [-0.2, 0) is 4.79 Å². The summed E-state index contributed by atoms with van der Waals surface area (Å²) in [5.41, 5.74) is 2.16. The highest BCUT2D eigenvalue weighted by atomic mass is 32.2. The normalized spacial score (nSPS) is 14.8. The van der Waals surface area contributed by atoms with Crippen LogP contribution in [0.3, 0.4) is 0 Å². The van der Waals surface area contributed by atoms with Crippen LogP contribution < -0.4 is 0 Å². The van der Waals surface area contributed by atoms with Gasteiger partial charge in [0.1, 0.15) is 3.53 Å². The van der Waals surface area contributed by atoms with E-state index in [1.54, 1.807) is 11.8 Å². The van der Waals surface area contributed by atoms with Crippen LogP contribution in [0.25, 0.3) is 0 Å². The summed E-state index contributed by atoms with van der Waals surface area (Å²) < 4.78 is 1.01. The Balaban J connectivity index is 2.38. The molecule has 0 heterocycles. The Labute approximate surface area is 227 Å². The van der Waals surface area contributed by atoms with Gasteiger partial charge in [0.05, 0.1) is 5.92 Å². The molecule has 0 saturated heterocycles. The van der Waals surface area contributed by atoms with E-state index < -0.39 is 11.9 Å². The number of carbonyl (C=O) groups is 1. The quantitative estimate of drug-likeness (QED) is 0.206. The van der Waals surface area contributed by atoms with Crippen molar-refractivity contribution < 1.29 is 9.90 Å². The van der Waals surface area contributed by atoms with Gasteiger partial charge in [0.2, 0.25) is 0 Å².